The van der Waals surface area contributed by atoms with Gasteiger partial charge in [0.15, 0.2) is 0 Å². The first-order chi connectivity index (χ1) is 19.4. The fourth-order valence-electron chi connectivity index (χ4n) is 2.92. The van der Waals surface area contributed by atoms with Gasteiger partial charge in [-0.2, -0.15) is 5.48 Å². The molecule has 1 amide bonds. The average Bonchev–Trinajstić information content (AvgIpc) is 2.92. The molecule has 13 heteroatoms. The van der Waals surface area contributed by atoms with Gasteiger partial charge in [0, 0.05) is 13.7 Å². The topological polar surface area (TPSA) is 150 Å². The maximum absolute atomic E-state index is 12.5. The highest BCUT2D eigenvalue weighted by Crippen LogP contribution is 2.07. The van der Waals surface area contributed by atoms with Crippen molar-refractivity contribution in [1.82, 2.24) is 10.8 Å². The van der Waals surface area contributed by atoms with Crippen molar-refractivity contribution in [3.05, 3.63) is 0 Å². The van der Waals surface area contributed by atoms with E-state index in [9.17, 15) is 4.79 Å². The molecule has 4 N–H and O–H groups in total. The van der Waals surface area contributed by atoms with Crippen LogP contribution in [0.25, 0.3) is 0 Å². The van der Waals surface area contributed by atoms with Crippen LogP contribution in [0.4, 0.5) is 0 Å². The van der Waals surface area contributed by atoms with Crippen molar-refractivity contribution in [2.75, 3.05) is 119 Å². The van der Waals surface area contributed by atoms with Crippen molar-refractivity contribution in [3.8, 4) is 0 Å². The molecule has 0 heterocycles. The molecule has 0 aliphatic heterocycles. The fraction of sp³-hybridized carbons (Fsp3) is 0.963. The quantitative estimate of drug-likeness (QED) is 0.0778. The lowest BCUT2D eigenvalue weighted by Gasteiger charge is -2.24. The van der Waals surface area contributed by atoms with E-state index in [1.807, 2.05) is 20.8 Å². The lowest BCUT2D eigenvalue weighted by Crippen LogP contribution is -2.47. The van der Waals surface area contributed by atoms with Gasteiger partial charge in [0.05, 0.1) is 105 Å². The van der Waals surface area contributed by atoms with Crippen LogP contribution in [-0.4, -0.2) is 137 Å². The molecule has 240 valence electrons. The summed E-state index contributed by atoms with van der Waals surface area (Å²) in [4.78, 5) is 18.1. The molecule has 40 heavy (non-hydrogen) atoms. The average molecular weight is 584 g/mol. The van der Waals surface area contributed by atoms with Gasteiger partial charge in [0.25, 0.3) is 0 Å². The summed E-state index contributed by atoms with van der Waals surface area (Å²) in [7, 11) is 1.64. The number of rotatable bonds is 31. The molecule has 0 spiro atoms. The summed E-state index contributed by atoms with van der Waals surface area (Å²) in [6.45, 7) is 14.4. The zero-order valence-electron chi connectivity index (χ0n) is 25.4. The van der Waals surface area contributed by atoms with Gasteiger partial charge in [-0.3, -0.25) is 9.63 Å². The second-order valence-electron chi connectivity index (χ2n) is 9.74. The van der Waals surface area contributed by atoms with Crippen molar-refractivity contribution in [2.45, 2.75) is 51.7 Å². The zero-order valence-corrected chi connectivity index (χ0v) is 25.4. The monoisotopic (exact) mass is 583 g/mol. The minimum absolute atomic E-state index is 0.115. The molecular formula is C27H57N3O10. The summed E-state index contributed by atoms with van der Waals surface area (Å²) in [5.41, 5.74) is 8.06. The molecule has 0 saturated carbocycles. The SMILES string of the molecule is COCCOCCOCCOCCOCCOCCOCCOCCNC(=O)[C@H](CCCCN)NOC(C)(C)C. The van der Waals surface area contributed by atoms with Crippen LogP contribution >= 0.6 is 0 Å². The predicted molar refractivity (Wildman–Crippen MR) is 151 cm³/mol. The lowest BCUT2D eigenvalue weighted by molar-refractivity contribution is -0.135. The van der Waals surface area contributed by atoms with E-state index >= 15 is 0 Å². The zero-order chi connectivity index (χ0) is 29.6. The largest absolute Gasteiger partial charge is 0.382 e. The fourth-order valence-corrected chi connectivity index (χ4v) is 2.92. The number of hydrogen-bond acceptors (Lipinski definition) is 12. The first-order valence-corrected chi connectivity index (χ1v) is 14.3. The molecule has 0 radical (unpaired) electrons. The molecule has 0 bridgehead atoms. The normalized spacial score (nSPS) is 12.6. The van der Waals surface area contributed by atoms with Crippen LogP contribution in [0.5, 0.6) is 0 Å². The van der Waals surface area contributed by atoms with Gasteiger partial charge in [0.2, 0.25) is 5.91 Å². The van der Waals surface area contributed by atoms with Crippen LogP contribution < -0.4 is 16.5 Å². The number of carbonyl (C=O) groups excluding carboxylic acids is 1. The molecule has 0 aromatic carbocycles. The number of ether oxygens (including phenoxy) is 8. The Balaban J connectivity index is 3.43. The number of unbranched alkanes of at least 4 members (excludes halogenated alkanes) is 1. The van der Waals surface area contributed by atoms with Crippen LogP contribution in [-0.2, 0) is 47.5 Å². The van der Waals surface area contributed by atoms with Crippen LogP contribution in [0.2, 0.25) is 0 Å². The van der Waals surface area contributed by atoms with Gasteiger partial charge in [0.1, 0.15) is 6.04 Å². The van der Waals surface area contributed by atoms with Crippen LogP contribution in [0.1, 0.15) is 40.0 Å². The smallest absolute Gasteiger partial charge is 0.239 e. The second-order valence-corrected chi connectivity index (χ2v) is 9.74. The second kappa shape index (κ2) is 29.5. The van der Waals surface area contributed by atoms with Gasteiger partial charge in [-0.25, -0.2) is 0 Å². The first-order valence-electron chi connectivity index (χ1n) is 14.3. The Hall–Kier alpha value is -0.970. The molecule has 0 saturated heterocycles. The van der Waals surface area contributed by atoms with Crippen molar-refractivity contribution in [3.63, 3.8) is 0 Å². The third kappa shape index (κ3) is 30.0. The molecule has 0 unspecified atom stereocenters. The molecule has 0 rings (SSSR count). The van der Waals surface area contributed by atoms with E-state index in [0.29, 0.717) is 119 Å². The number of nitrogens with two attached hydrogens (primary N) is 1. The first kappa shape index (κ1) is 39.0. The Bertz CT molecular complexity index is 541. The molecular weight excluding hydrogens is 526 g/mol. The van der Waals surface area contributed by atoms with Gasteiger partial charge in [-0.15, -0.1) is 0 Å². The third-order valence-corrected chi connectivity index (χ3v) is 4.98. The standard InChI is InChI=1S/C27H57N3O10/c1-27(2,3)40-30-25(7-5-6-8-28)26(31)29-9-10-33-13-14-35-17-18-37-21-22-39-24-23-38-20-19-36-16-15-34-12-11-32-4/h25,30H,5-24,28H2,1-4H3,(H,29,31)/t25-/m0/s1. The van der Waals surface area contributed by atoms with Crippen LogP contribution in [0.3, 0.4) is 0 Å². The molecule has 0 fully saturated rings. The molecule has 0 aromatic heterocycles. The Morgan fingerprint density at radius 1 is 0.650 bits per heavy atom. The Kier molecular flexibility index (Phi) is 28.8. The van der Waals surface area contributed by atoms with Gasteiger partial charge < -0.3 is 48.9 Å². The summed E-state index contributed by atoms with van der Waals surface area (Å²) in [5.74, 6) is -0.115. The lowest BCUT2D eigenvalue weighted by atomic mass is 10.1. The minimum Gasteiger partial charge on any atom is -0.382 e. The predicted octanol–water partition coefficient (Wildman–Crippen LogP) is 0.683. The number of hydroxylamine groups is 1. The van der Waals surface area contributed by atoms with Crippen molar-refractivity contribution in [1.29, 1.82) is 0 Å². The summed E-state index contributed by atoms with van der Waals surface area (Å²) in [6.07, 6.45) is 2.36. The van der Waals surface area contributed by atoms with E-state index in [0.717, 1.165) is 12.8 Å². The van der Waals surface area contributed by atoms with E-state index in [2.05, 4.69) is 10.8 Å². The van der Waals surface area contributed by atoms with E-state index in [-0.39, 0.29) is 11.5 Å². The Labute approximate surface area is 241 Å². The van der Waals surface area contributed by atoms with Crippen molar-refractivity contribution in [2.24, 2.45) is 5.73 Å². The number of carbonyl (C=O) groups is 1. The summed E-state index contributed by atoms with van der Waals surface area (Å²) in [6, 6.07) is -0.430. The summed E-state index contributed by atoms with van der Waals surface area (Å²) in [5, 5.41) is 2.88. The maximum Gasteiger partial charge on any atom is 0.239 e. The minimum atomic E-state index is -0.430. The molecule has 0 aliphatic carbocycles. The maximum atomic E-state index is 12.5. The number of methoxy groups -OCH3 is 1. The molecule has 0 aromatic rings. The molecule has 1 atom stereocenters. The van der Waals surface area contributed by atoms with E-state index in [1.165, 1.54) is 0 Å². The number of hydrogen-bond donors (Lipinski definition) is 3. The number of nitrogens with one attached hydrogen (secondary N) is 2. The van der Waals surface area contributed by atoms with Crippen molar-refractivity contribution >= 4 is 5.91 Å². The van der Waals surface area contributed by atoms with Gasteiger partial charge >= 0.3 is 0 Å². The van der Waals surface area contributed by atoms with Gasteiger partial charge in [-0.05, 0) is 40.2 Å². The highest BCUT2D eigenvalue weighted by atomic mass is 16.7. The van der Waals surface area contributed by atoms with E-state index < -0.39 is 6.04 Å². The van der Waals surface area contributed by atoms with Crippen LogP contribution in [0.15, 0.2) is 0 Å². The Morgan fingerprint density at radius 2 is 1.05 bits per heavy atom. The summed E-state index contributed by atoms with van der Waals surface area (Å²) < 4.78 is 42.9. The van der Waals surface area contributed by atoms with E-state index in [4.69, 9.17) is 48.5 Å². The van der Waals surface area contributed by atoms with Crippen molar-refractivity contribution < 1.29 is 47.5 Å². The highest BCUT2D eigenvalue weighted by molar-refractivity contribution is 5.81. The summed E-state index contributed by atoms with van der Waals surface area (Å²) >= 11 is 0. The van der Waals surface area contributed by atoms with Crippen LogP contribution in [0, 0.1) is 0 Å². The third-order valence-electron chi connectivity index (χ3n) is 4.98. The molecule has 13 nitrogen and oxygen atoms in total. The Morgan fingerprint density at radius 3 is 1.43 bits per heavy atom. The number of amides is 1. The molecule has 0 aliphatic rings. The van der Waals surface area contributed by atoms with E-state index in [1.54, 1.807) is 7.11 Å². The highest BCUT2D eigenvalue weighted by Gasteiger charge is 2.21. The van der Waals surface area contributed by atoms with Gasteiger partial charge in [-0.1, -0.05) is 6.42 Å².